The highest BCUT2D eigenvalue weighted by Gasteiger charge is 2.52. The van der Waals surface area contributed by atoms with Crippen LogP contribution in [0.3, 0.4) is 0 Å². The van der Waals surface area contributed by atoms with Crippen LogP contribution in [0.5, 0.6) is 5.88 Å². The Morgan fingerprint density at radius 2 is 2.12 bits per heavy atom. The monoisotopic (exact) mass is 355 g/mol. The van der Waals surface area contributed by atoms with Gasteiger partial charge in [-0.1, -0.05) is 0 Å². The molecular formula is C20H25N3OS. The van der Waals surface area contributed by atoms with E-state index in [1.807, 2.05) is 17.5 Å². The van der Waals surface area contributed by atoms with Gasteiger partial charge in [0.1, 0.15) is 5.60 Å². The third-order valence-corrected chi connectivity index (χ3v) is 6.92. The van der Waals surface area contributed by atoms with E-state index in [0.717, 1.165) is 25.4 Å². The fraction of sp³-hybridized carbons (Fsp3) is 0.550. The number of thiophene rings is 1. The maximum Gasteiger partial charge on any atom is 0.217 e. The van der Waals surface area contributed by atoms with Crippen LogP contribution in [0.15, 0.2) is 23.7 Å². The summed E-state index contributed by atoms with van der Waals surface area (Å²) < 4.78 is 6.46. The molecule has 132 valence electrons. The molecule has 25 heavy (non-hydrogen) atoms. The first-order valence-corrected chi connectivity index (χ1v) is 10.1. The standard InChI is InChI=1S/C20H25N3OS/c1-22(2)11-18-8-16(12-25-18)15-7-14-9-20(24-19(14)21-10-15)13-23-5-3-17(20)4-6-23/h7-8,10,12,17H,3-6,9,11,13H2,1-2H3/t20-/m0/s1. The summed E-state index contributed by atoms with van der Waals surface area (Å²) in [6, 6.07) is 4.62. The number of piperidine rings is 3. The predicted molar refractivity (Wildman–Crippen MR) is 101 cm³/mol. The van der Waals surface area contributed by atoms with E-state index in [1.165, 1.54) is 47.5 Å². The molecule has 3 saturated heterocycles. The molecule has 0 aliphatic carbocycles. The van der Waals surface area contributed by atoms with Crippen molar-refractivity contribution in [3.63, 3.8) is 0 Å². The molecule has 6 heterocycles. The second-order valence-electron chi connectivity index (χ2n) is 8.12. The molecule has 2 bridgehead atoms. The molecule has 2 aromatic rings. The van der Waals surface area contributed by atoms with Crippen LogP contribution in [-0.2, 0) is 13.0 Å². The third kappa shape index (κ3) is 2.69. The molecule has 1 atom stereocenters. The minimum atomic E-state index is -0.00478. The number of rotatable bonds is 3. The Balaban J connectivity index is 1.41. The molecule has 4 aliphatic heterocycles. The molecule has 2 aromatic heterocycles. The van der Waals surface area contributed by atoms with E-state index in [2.05, 4.69) is 41.4 Å². The van der Waals surface area contributed by atoms with Gasteiger partial charge in [0.15, 0.2) is 0 Å². The summed E-state index contributed by atoms with van der Waals surface area (Å²) in [5.74, 6) is 1.57. The molecule has 0 amide bonds. The highest BCUT2D eigenvalue weighted by Crippen LogP contribution is 2.46. The van der Waals surface area contributed by atoms with Gasteiger partial charge in [0, 0.05) is 47.6 Å². The molecular weight excluding hydrogens is 330 g/mol. The summed E-state index contributed by atoms with van der Waals surface area (Å²) in [6.45, 7) is 4.56. The quantitative estimate of drug-likeness (QED) is 0.845. The molecule has 0 radical (unpaired) electrons. The number of nitrogens with zero attached hydrogens (tertiary/aromatic N) is 3. The van der Waals surface area contributed by atoms with Crippen molar-refractivity contribution in [2.24, 2.45) is 5.92 Å². The van der Waals surface area contributed by atoms with E-state index in [0.29, 0.717) is 5.92 Å². The smallest absolute Gasteiger partial charge is 0.217 e. The minimum Gasteiger partial charge on any atom is -0.469 e. The second-order valence-corrected chi connectivity index (χ2v) is 9.12. The highest BCUT2D eigenvalue weighted by atomic mass is 32.1. The molecule has 3 fully saturated rings. The molecule has 6 rings (SSSR count). The van der Waals surface area contributed by atoms with Crippen LogP contribution in [0.2, 0.25) is 0 Å². The number of aromatic nitrogens is 1. The third-order valence-electron chi connectivity index (χ3n) is 6.00. The van der Waals surface area contributed by atoms with E-state index >= 15 is 0 Å². The summed E-state index contributed by atoms with van der Waals surface area (Å²) in [4.78, 5) is 10.9. The molecule has 4 nitrogen and oxygen atoms in total. The van der Waals surface area contributed by atoms with Gasteiger partial charge in [0.25, 0.3) is 0 Å². The van der Waals surface area contributed by atoms with Crippen LogP contribution in [0.4, 0.5) is 0 Å². The van der Waals surface area contributed by atoms with Gasteiger partial charge in [-0.15, -0.1) is 11.3 Å². The van der Waals surface area contributed by atoms with Crippen molar-refractivity contribution in [1.29, 1.82) is 0 Å². The minimum absolute atomic E-state index is 0.00478. The lowest BCUT2D eigenvalue weighted by Gasteiger charge is -2.50. The lowest BCUT2D eigenvalue weighted by molar-refractivity contribution is -0.0814. The van der Waals surface area contributed by atoms with Gasteiger partial charge in [-0.05, 0) is 63.1 Å². The largest absolute Gasteiger partial charge is 0.469 e. The summed E-state index contributed by atoms with van der Waals surface area (Å²) in [5.41, 5.74) is 3.80. The van der Waals surface area contributed by atoms with Gasteiger partial charge in [0.05, 0.1) is 0 Å². The molecule has 0 saturated carbocycles. The number of pyridine rings is 1. The van der Waals surface area contributed by atoms with Crippen molar-refractivity contribution in [2.45, 2.75) is 31.4 Å². The van der Waals surface area contributed by atoms with Gasteiger partial charge in [-0.2, -0.15) is 0 Å². The first kappa shape index (κ1) is 15.8. The fourth-order valence-corrected chi connectivity index (χ4v) is 5.80. The van der Waals surface area contributed by atoms with E-state index in [9.17, 15) is 0 Å². The molecule has 1 spiro atoms. The first-order chi connectivity index (χ1) is 12.1. The molecule has 0 N–H and O–H groups in total. The number of hydrogen-bond donors (Lipinski definition) is 0. The Morgan fingerprint density at radius 3 is 2.84 bits per heavy atom. The average molecular weight is 356 g/mol. The van der Waals surface area contributed by atoms with Gasteiger partial charge in [-0.3, -0.25) is 4.90 Å². The van der Waals surface area contributed by atoms with E-state index in [4.69, 9.17) is 9.72 Å². The lowest BCUT2D eigenvalue weighted by Crippen LogP contribution is -2.61. The second kappa shape index (κ2) is 5.79. The van der Waals surface area contributed by atoms with Gasteiger partial charge < -0.3 is 9.64 Å². The van der Waals surface area contributed by atoms with Crippen LogP contribution >= 0.6 is 11.3 Å². The maximum atomic E-state index is 6.46. The predicted octanol–water partition coefficient (Wildman–Crippen LogP) is 3.27. The van der Waals surface area contributed by atoms with E-state index in [1.54, 1.807) is 0 Å². The van der Waals surface area contributed by atoms with E-state index < -0.39 is 0 Å². The van der Waals surface area contributed by atoms with Gasteiger partial charge >= 0.3 is 0 Å². The SMILES string of the molecule is CN(C)Cc1cc(-c2cnc3c(c2)C[C@@]2(CN4CCC2CC4)O3)cs1. The molecule has 0 unspecified atom stereocenters. The Morgan fingerprint density at radius 1 is 1.28 bits per heavy atom. The van der Waals surface area contributed by atoms with Crippen molar-refractivity contribution in [3.8, 4) is 17.0 Å². The van der Waals surface area contributed by atoms with Crippen molar-refractivity contribution in [3.05, 3.63) is 34.2 Å². The van der Waals surface area contributed by atoms with Crippen molar-refractivity contribution >= 4 is 11.3 Å². The first-order valence-electron chi connectivity index (χ1n) is 9.24. The van der Waals surface area contributed by atoms with Gasteiger partial charge in [-0.25, -0.2) is 4.98 Å². The van der Waals surface area contributed by atoms with Crippen molar-refractivity contribution in [2.75, 3.05) is 33.7 Å². The summed E-state index contributed by atoms with van der Waals surface area (Å²) in [6.07, 6.45) is 5.57. The number of hydrogen-bond acceptors (Lipinski definition) is 5. The van der Waals surface area contributed by atoms with Crippen molar-refractivity contribution < 1.29 is 4.74 Å². The Bertz CT molecular complexity index is 794. The normalized spacial score (nSPS) is 30.0. The Labute approximate surface area is 153 Å². The number of ether oxygens (including phenoxy) is 1. The lowest BCUT2D eigenvalue weighted by atomic mass is 9.73. The van der Waals surface area contributed by atoms with Crippen LogP contribution in [0.1, 0.15) is 23.3 Å². The Kier molecular flexibility index (Phi) is 3.66. The molecule has 0 aromatic carbocycles. The summed E-state index contributed by atoms with van der Waals surface area (Å²) in [7, 11) is 4.22. The molecule has 4 aliphatic rings. The number of fused-ring (bicyclic) bond motifs is 3. The molecule has 5 heteroatoms. The fourth-order valence-electron chi connectivity index (χ4n) is 4.79. The topological polar surface area (TPSA) is 28.6 Å². The summed E-state index contributed by atoms with van der Waals surface area (Å²) in [5, 5.41) is 2.25. The van der Waals surface area contributed by atoms with Crippen molar-refractivity contribution in [1.82, 2.24) is 14.8 Å². The zero-order chi connectivity index (χ0) is 17.0. The van der Waals surface area contributed by atoms with Crippen LogP contribution in [-0.4, -0.2) is 54.1 Å². The van der Waals surface area contributed by atoms with E-state index in [-0.39, 0.29) is 5.60 Å². The van der Waals surface area contributed by atoms with Crippen LogP contribution in [0.25, 0.3) is 11.1 Å². The highest BCUT2D eigenvalue weighted by molar-refractivity contribution is 7.10. The zero-order valence-corrected chi connectivity index (χ0v) is 15.8. The average Bonchev–Trinajstić information content (AvgIpc) is 3.18. The summed E-state index contributed by atoms with van der Waals surface area (Å²) >= 11 is 1.83. The van der Waals surface area contributed by atoms with Crippen LogP contribution in [0, 0.1) is 5.92 Å². The Hall–Kier alpha value is -1.43. The zero-order valence-electron chi connectivity index (χ0n) is 15.0. The van der Waals surface area contributed by atoms with Gasteiger partial charge in [0.2, 0.25) is 5.88 Å². The maximum absolute atomic E-state index is 6.46. The van der Waals surface area contributed by atoms with Crippen LogP contribution < -0.4 is 4.74 Å².